The third-order valence-electron chi connectivity index (χ3n) is 4.81. The van der Waals surface area contributed by atoms with Gasteiger partial charge in [0, 0.05) is 17.9 Å². The van der Waals surface area contributed by atoms with Crippen LogP contribution in [0, 0.1) is 11.3 Å². The van der Waals surface area contributed by atoms with Crippen molar-refractivity contribution in [3.8, 4) is 17.5 Å². The molecule has 0 aliphatic rings. The first kappa shape index (κ1) is 20.7. The number of nitrogens with zero attached hydrogens (tertiary/aromatic N) is 4. The van der Waals surface area contributed by atoms with Crippen molar-refractivity contribution in [2.75, 3.05) is 6.61 Å². The summed E-state index contributed by atoms with van der Waals surface area (Å²) in [6, 6.07) is 28.1. The van der Waals surface area contributed by atoms with Crippen molar-refractivity contribution in [3.05, 3.63) is 101 Å². The normalized spacial score (nSPS) is 10.6. The highest BCUT2D eigenvalue weighted by molar-refractivity contribution is 7.98. The number of nitriles is 1. The van der Waals surface area contributed by atoms with E-state index in [-0.39, 0.29) is 0 Å². The first-order valence-corrected chi connectivity index (χ1v) is 11.1. The molecule has 0 amide bonds. The standard InChI is InChI=1S/C25H22N4OS/c1-2-30-23-14-12-22(13-15-23)29-24(16-19-8-4-3-5-9-19)27-28-25(29)31-18-21-11-7-6-10-20(21)17-26/h3-15H,2,16,18H2,1H3. The van der Waals surface area contributed by atoms with Crippen LogP contribution in [0.2, 0.25) is 0 Å². The fraction of sp³-hybridized carbons (Fsp3) is 0.160. The number of aromatic nitrogens is 3. The fourth-order valence-corrected chi connectivity index (χ4v) is 4.28. The molecule has 0 atom stereocenters. The quantitative estimate of drug-likeness (QED) is 0.352. The van der Waals surface area contributed by atoms with Crippen molar-refractivity contribution < 1.29 is 4.74 Å². The summed E-state index contributed by atoms with van der Waals surface area (Å²) in [6.45, 7) is 2.60. The van der Waals surface area contributed by atoms with E-state index in [1.165, 1.54) is 5.56 Å². The second-order valence-corrected chi connectivity index (χ2v) is 7.82. The Morgan fingerprint density at radius 1 is 0.935 bits per heavy atom. The molecule has 5 nitrogen and oxygen atoms in total. The SMILES string of the molecule is CCOc1ccc(-n2c(Cc3ccccc3)nnc2SCc2ccccc2C#N)cc1. The molecule has 4 aromatic rings. The zero-order valence-corrected chi connectivity index (χ0v) is 18.0. The predicted molar refractivity (Wildman–Crippen MR) is 122 cm³/mol. The van der Waals surface area contributed by atoms with E-state index in [2.05, 4.69) is 33.0 Å². The molecule has 1 heterocycles. The third-order valence-corrected chi connectivity index (χ3v) is 5.78. The maximum absolute atomic E-state index is 9.38. The van der Waals surface area contributed by atoms with Crippen molar-refractivity contribution >= 4 is 11.8 Å². The Balaban J connectivity index is 1.66. The highest BCUT2D eigenvalue weighted by atomic mass is 32.2. The summed E-state index contributed by atoms with van der Waals surface area (Å²) < 4.78 is 7.67. The van der Waals surface area contributed by atoms with Crippen molar-refractivity contribution in [1.29, 1.82) is 5.26 Å². The first-order chi connectivity index (χ1) is 15.3. The summed E-state index contributed by atoms with van der Waals surface area (Å²) in [4.78, 5) is 0. The molecule has 0 aliphatic carbocycles. The van der Waals surface area contributed by atoms with Gasteiger partial charge in [-0.25, -0.2) is 0 Å². The minimum Gasteiger partial charge on any atom is -0.494 e. The highest BCUT2D eigenvalue weighted by Gasteiger charge is 2.16. The smallest absolute Gasteiger partial charge is 0.196 e. The van der Waals surface area contributed by atoms with Gasteiger partial charge in [-0.1, -0.05) is 60.3 Å². The van der Waals surface area contributed by atoms with Crippen molar-refractivity contribution in [2.45, 2.75) is 24.3 Å². The number of rotatable bonds is 8. The monoisotopic (exact) mass is 426 g/mol. The van der Waals surface area contributed by atoms with Crippen LogP contribution in [-0.2, 0) is 12.2 Å². The van der Waals surface area contributed by atoms with Gasteiger partial charge in [-0.15, -0.1) is 10.2 Å². The lowest BCUT2D eigenvalue weighted by atomic mass is 10.1. The second kappa shape index (κ2) is 9.96. The van der Waals surface area contributed by atoms with Gasteiger partial charge in [-0.2, -0.15) is 5.26 Å². The average Bonchev–Trinajstić information content (AvgIpc) is 3.21. The van der Waals surface area contributed by atoms with Crippen LogP contribution in [0.5, 0.6) is 5.75 Å². The maximum atomic E-state index is 9.38. The number of benzene rings is 3. The molecule has 31 heavy (non-hydrogen) atoms. The van der Waals surface area contributed by atoms with Gasteiger partial charge in [0.15, 0.2) is 5.16 Å². The molecule has 0 saturated heterocycles. The Bertz CT molecular complexity index is 1180. The molecule has 154 valence electrons. The van der Waals surface area contributed by atoms with E-state index < -0.39 is 0 Å². The minimum atomic E-state index is 0.630. The lowest BCUT2D eigenvalue weighted by Gasteiger charge is -2.12. The Kier molecular flexibility index (Phi) is 6.65. The van der Waals surface area contributed by atoms with Gasteiger partial charge in [0.1, 0.15) is 11.6 Å². The summed E-state index contributed by atoms with van der Waals surface area (Å²) >= 11 is 1.58. The number of thioether (sulfide) groups is 1. The van der Waals surface area contributed by atoms with Crippen LogP contribution in [0.1, 0.15) is 29.4 Å². The fourth-order valence-electron chi connectivity index (χ4n) is 3.30. The molecule has 0 N–H and O–H groups in total. The van der Waals surface area contributed by atoms with E-state index in [0.29, 0.717) is 24.3 Å². The number of ether oxygens (including phenoxy) is 1. The molecule has 0 bridgehead atoms. The molecule has 3 aromatic carbocycles. The van der Waals surface area contributed by atoms with Gasteiger partial charge in [-0.05, 0) is 48.4 Å². The summed E-state index contributed by atoms with van der Waals surface area (Å²) in [5.74, 6) is 2.34. The van der Waals surface area contributed by atoms with Gasteiger partial charge in [0.05, 0.1) is 18.2 Å². The van der Waals surface area contributed by atoms with Crippen LogP contribution >= 0.6 is 11.8 Å². The molecule has 0 spiro atoms. The largest absolute Gasteiger partial charge is 0.494 e. The van der Waals surface area contributed by atoms with Gasteiger partial charge >= 0.3 is 0 Å². The van der Waals surface area contributed by atoms with Crippen LogP contribution in [0.15, 0.2) is 84.0 Å². The summed E-state index contributed by atoms with van der Waals surface area (Å²) in [5.41, 5.74) is 3.83. The predicted octanol–water partition coefficient (Wildman–Crippen LogP) is 5.42. The second-order valence-electron chi connectivity index (χ2n) is 6.88. The van der Waals surface area contributed by atoms with Crippen LogP contribution in [0.3, 0.4) is 0 Å². The van der Waals surface area contributed by atoms with Crippen molar-refractivity contribution in [2.24, 2.45) is 0 Å². The van der Waals surface area contributed by atoms with Crippen molar-refractivity contribution in [3.63, 3.8) is 0 Å². The van der Waals surface area contributed by atoms with E-state index in [1.54, 1.807) is 11.8 Å². The van der Waals surface area contributed by atoms with Crippen LogP contribution in [-0.4, -0.2) is 21.4 Å². The number of hydrogen-bond acceptors (Lipinski definition) is 5. The van der Waals surface area contributed by atoms with E-state index in [9.17, 15) is 5.26 Å². The molecule has 0 unspecified atom stereocenters. The van der Waals surface area contributed by atoms with E-state index >= 15 is 0 Å². The Labute approximate surface area is 186 Å². The van der Waals surface area contributed by atoms with E-state index in [0.717, 1.165) is 28.0 Å². The number of hydrogen-bond donors (Lipinski definition) is 0. The Morgan fingerprint density at radius 3 is 2.42 bits per heavy atom. The lowest BCUT2D eigenvalue weighted by Crippen LogP contribution is -2.04. The molecule has 0 aliphatic heterocycles. The van der Waals surface area contributed by atoms with E-state index in [1.807, 2.05) is 73.7 Å². The Morgan fingerprint density at radius 2 is 1.68 bits per heavy atom. The molecule has 0 fully saturated rings. The molecule has 0 radical (unpaired) electrons. The highest BCUT2D eigenvalue weighted by Crippen LogP contribution is 2.28. The topological polar surface area (TPSA) is 63.7 Å². The van der Waals surface area contributed by atoms with Crippen LogP contribution < -0.4 is 4.74 Å². The maximum Gasteiger partial charge on any atom is 0.196 e. The summed E-state index contributed by atoms with van der Waals surface area (Å²) in [5, 5.41) is 19.2. The average molecular weight is 427 g/mol. The van der Waals surface area contributed by atoms with Gasteiger partial charge in [0.2, 0.25) is 0 Å². The first-order valence-electron chi connectivity index (χ1n) is 10.1. The minimum absolute atomic E-state index is 0.630. The zero-order chi connectivity index (χ0) is 21.5. The summed E-state index contributed by atoms with van der Waals surface area (Å²) in [6.07, 6.45) is 0.677. The molecule has 6 heteroatoms. The van der Waals surface area contributed by atoms with Gasteiger partial charge < -0.3 is 4.74 Å². The molecular weight excluding hydrogens is 404 g/mol. The summed E-state index contributed by atoms with van der Waals surface area (Å²) in [7, 11) is 0. The molecule has 4 rings (SSSR count). The van der Waals surface area contributed by atoms with Crippen molar-refractivity contribution in [1.82, 2.24) is 14.8 Å². The van der Waals surface area contributed by atoms with Crippen LogP contribution in [0.4, 0.5) is 0 Å². The third kappa shape index (κ3) is 4.96. The molecule has 0 saturated carbocycles. The Hall–Kier alpha value is -3.56. The molecule has 1 aromatic heterocycles. The van der Waals surface area contributed by atoms with Gasteiger partial charge in [-0.3, -0.25) is 4.57 Å². The lowest BCUT2D eigenvalue weighted by molar-refractivity contribution is 0.340. The molecular formula is C25H22N4OS. The van der Waals surface area contributed by atoms with Gasteiger partial charge in [0.25, 0.3) is 0 Å². The zero-order valence-electron chi connectivity index (χ0n) is 17.2. The van der Waals surface area contributed by atoms with Crippen LogP contribution in [0.25, 0.3) is 5.69 Å². The van der Waals surface area contributed by atoms with E-state index in [4.69, 9.17) is 4.74 Å².